The molecule has 0 saturated carbocycles. The summed E-state index contributed by atoms with van der Waals surface area (Å²) in [5.41, 5.74) is 0.590. The number of aryl methyl sites for hydroxylation is 1. The van der Waals surface area contributed by atoms with Gasteiger partial charge in [0, 0.05) is 13.0 Å². The summed E-state index contributed by atoms with van der Waals surface area (Å²) in [4.78, 5) is 11.7. The van der Waals surface area contributed by atoms with Gasteiger partial charge in [-0.3, -0.25) is 4.79 Å². The lowest BCUT2D eigenvalue weighted by Crippen LogP contribution is -2.17. The number of nitrogens with zero attached hydrogens (tertiary/aromatic N) is 4. The zero-order valence-electron chi connectivity index (χ0n) is 13.4. The van der Waals surface area contributed by atoms with E-state index in [4.69, 9.17) is 14.7 Å². The number of hydrogen-bond donors (Lipinski definition) is 0. The molecule has 0 saturated heterocycles. The van der Waals surface area contributed by atoms with Gasteiger partial charge in [0.15, 0.2) is 5.82 Å². The number of esters is 1. The van der Waals surface area contributed by atoms with Crippen LogP contribution >= 0.6 is 0 Å². The van der Waals surface area contributed by atoms with Gasteiger partial charge in [-0.1, -0.05) is 0 Å². The van der Waals surface area contributed by atoms with E-state index in [0.717, 1.165) is 18.1 Å². The van der Waals surface area contributed by atoms with Crippen LogP contribution in [0.1, 0.15) is 30.1 Å². The molecule has 1 aromatic carbocycles. The monoisotopic (exact) mass is 326 g/mol. The molecule has 24 heavy (non-hydrogen) atoms. The summed E-state index contributed by atoms with van der Waals surface area (Å²) in [6.07, 6.45) is 2.13. The summed E-state index contributed by atoms with van der Waals surface area (Å²) in [6, 6.07) is 9.00. The molecule has 0 aliphatic carbocycles. The van der Waals surface area contributed by atoms with E-state index in [9.17, 15) is 4.79 Å². The zero-order valence-corrected chi connectivity index (χ0v) is 13.4. The normalized spacial score (nSPS) is 16.6. The maximum absolute atomic E-state index is 11.7. The molecule has 7 nitrogen and oxygen atoms in total. The third-order valence-corrected chi connectivity index (χ3v) is 4.21. The van der Waals surface area contributed by atoms with Crippen molar-refractivity contribution in [2.75, 3.05) is 7.11 Å². The fraction of sp³-hybridized carbons (Fsp3) is 0.412. The molecule has 1 atom stereocenters. The van der Waals surface area contributed by atoms with E-state index in [1.165, 1.54) is 7.11 Å². The number of carbonyl (C=O) groups excluding carboxylic acids is 1. The lowest BCUT2D eigenvalue weighted by molar-refractivity contribution is -0.145. The van der Waals surface area contributed by atoms with Crippen molar-refractivity contribution in [1.29, 1.82) is 5.26 Å². The highest BCUT2D eigenvalue weighted by atomic mass is 16.5. The van der Waals surface area contributed by atoms with E-state index in [1.54, 1.807) is 24.3 Å². The fourth-order valence-electron chi connectivity index (χ4n) is 2.83. The Morgan fingerprint density at radius 1 is 1.33 bits per heavy atom. The number of benzene rings is 1. The first-order valence-electron chi connectivity index (χ1n) is 7.83. The van der Waals surface area contributed by atoms with E-state index < -0.39 is 0 Å². The Balaban J connectivity index is 1.66. The SMILES string of the molecule is COC(=O)C1CCc2nnc(COc3ccc(C#N)cc3)n2CC1. The molecule has 0 spiro atoms. The number of carbonyl (C=O) groups is 1. The van der Waals surface area contributed by atoms with Crippen LogP contribution in [-0.2, 0) is 29.1 Å². The molecule has 0 bridgehead atoms. The highest BCUT2D eigenvalue weighted by molar-refractivity contribution is 5.72. The number of fused-ring (bicyclic) bond motifs is 1. The van der Waals surface area contributed by atoms with Crippen molar-refractivity contribution in [1.82, 2.24) is 14.8 Å². The summed E-state index contributed by atoms with van der Waals surface area (Å²) < 4.78 is 12.6. The molecule has 1 aromatic heterocycles. The van der Waals surface area contributed by atoms with Crippen LogP contribution in [0.3, 0.4) is 0 Å². The van der Waals surface area contributed by atoms with Gasteiger partial charge in [-0.25, -0.2) is 0 Å². The smallest absolute Gasteiger partial charge is 0.308 e. The number of ether oxygens (including phenoxy) is 2. The molecule has 7 heteroatoms. The van der Waals surface area contributed by atoms with E-state index in [0.29, 0.717) is 37.3 Å². The second-order valence-electron chi connectivity index (χ2n) is 5.66. The molecule has 1 unspecified atom stereocenters. The Labute approximate surface area is 139 Å². The molecule has 0 radical (unpaired) electrons. The summed E-state index contributed by atoms with van der Waals surface area (Å²) in [5.74, 6) is 2.03. The molecule has 0 N–H and O–H groups in total. The van der Waals surface area contributed by atoms with Gasteiger partial charge < -0.3 is 14.0 Å². The molecule has 0 fully saturated rings. The van der Waals surface area contributed by atoms with Crippen molar-refractivity contribution in [3.63, 3.8) is 0 Å². The van der Waals surface area contributed by atoms with Crippen molar-refractivity contribution < 1.29 is 14.3 Å². The number of aromatic nitrogens is 3. The van der Waals surface area contributed by atoms with Crippen LogP contribution in [0, 0.1) is 17.2 Å². The summed E-state index contributed by atoms with van der Waals surface area (Å²) >= 11 is 0. The van der Waals surface area contributed by atoms with Crippen molar-refractivity contribution in [3.05, 3.63) is 41.5 Å². The molecule has 0 amide bonds. The predicted octanol–water partition coefficient (Wildman–Crippen LogP) is 1.85. The van der Waals surface area contributed by atoms with Gasteiger partial charge in [0.25, 0.3) is 0 Å². The van der Waals surface area contributed by atoms with Crippen molar-refractivity contribution in [3.8, 4) is 11.8 Å². The fourth-order valence-corrected chi connectivity index (χ4v) is 2.83. The second-order valence-corrected chi connectivity index (χ2v) is 5.66. The van der Waals surface area contributed by atoms with Gasteiger partial charge >= 0.3 is 5.97 Å². The lowest BCUT2D eigenvalue weighted by Gasteiger charge is -2.11. The Morgan fingerprint density at radius 3 is 2.83 bits per heavy atom. The topological polar surface area (TPSA) is 90.0 Å². The predicted molar refractivity (Wildman–Crippen MR) is 84.0 cm³/mol. The molecular formula is C17H18N4O3. The molecule has 1 aliphatic rings. The Bertz CT molecular complexity index is 761. The number of rotatable bonds is 4. The number of hydrogen-bond acceptors (Lipinski definition) is 6. The van der Waals surface area contributed by atoms with Crippen LogP contribution in [0.15, 0.2) is 24.3 Å². The standard InChI is InChI=1S/C17H18N4O3/c1-23-17(22)13-4-7-15-19-20-16(21(15)9-8-13)11-24-14-5-2-12(10-18)3-6-14/h2-3,5-6,13H,4,7-9,11H2,1H3. The van der Waals surface area contributed by atoms with Gasteiger partial charge in [0.05, 0.1) is 24.7 Å². The number of nitriles is 1. The average Bonchev–Trinajstić information content (AvgIpc) is 2.89. The van der Waals surface area contributed by atoms with Crippen molar-refractivity contribution >= 4 is 5.97 Å². The van der Waals surface area contributed by atoms with Gasteiger partial charge in [-0.15, -0.1) is 10.2 Å². The average molecular weight is 326 g/mol. The Kier molecular flexibility index (Phi) is 4.75. The molecule has 1 aliphatic heterocycles. The van der Waals surface area contributed by atoms with Crippen LogP contribution in [0.5, 0.6) is 5.75 Å². The highest BCUT2D eigenvalue weighted by Gasteiger charge is 2.25. The lowest BCUT2D eigenvalue weighted by atomic mass is 10.0. The second kappa shape index (κ2) is 7.13. The first kappa shape index (κ1) is 16.0. The maximum atomic E-state index is 11.7. The zero-order chi connectivity index (χ0) is 16.9. The Hall–Kier alpha value is -2.88. The minimum Gasteiger partial charge on any atom is -0.486 e. The first-order valence-corrected chi connectivity index (χ1v) is 7.83. The third-order valence-electron chi connectivity index (χ3n) is 4.21. The summed E-state index contributed by atoms with van der Waals surface area (Å²) in [6.45, 7) is 0.968. The van der Waals surface area contributed by atoms with Gasteiger partial charge in [0.2, 0.25) is 0 Å². The van der Waals surface area contributed by atoms with Crippen LogP contribution in [0.25, 0.3) is 0 Å². The Morgan fingerprint density at radius 2 is 2.12 bits per heavy atom. The van der Waals surface area contributed by atoms with Crippen molar-refractivity contribution in [2.45, 2.75) is 32.4 Å². The minimum atomic E-state index is -0.163. The van der Waals surface area contributed by atoms with E-state index in [1.807, 2.05) is 4.57 Å². The third kappa shape index (κ3) is 3.38. The molecule has 2 heterocycles. The van der Waals surface area contributed by atoms with Crippen LogP contribution < -0.4 is 4.74 Å². The first-order chi connectivity index (χ1) is 11.7. The van der Waals surface area contributed by atoms with Gasteiger partial charge in [-0.2, -0.15) is 5.26 Å². The van der Waals surface area contributed by atoms with Gasteiger partial charge in [-0.05, 0) is 37.1 Å². The van der Waals surface area contributed by atoms with Crippen LogP contribution in [0.2, 0.25) is 0 Å². The molecule has 3 rings (SSSR count). The van der Waals surface area contributed by atoms with E-state index in [-0.39, 0.29) is 11.9 Å². The largest absolute Gasteiger partial charge is 0.486 e. The highest BCUT2D eigenvalue weighted by Crippen LogP contribution is 2.22. The summed E-state index contributed by atoms with van der Waals surface area (Å²) in [7, 11) is 1.42. The number of methoxy groups -OCH3 is 1. The molecule has 2 aromatic rings. The van der Waals surface area contributed by atoms with E-state index >= 15 is 0 Å². The van der Waals surface area contributed by atoms with Gasteiger partial charge in [0.1, 0.15) is 18.2 Å². The van der Waals surface area contributed by atoms with Crippen LogP contribution in [-0.4, -0.2) is 27.8 Å². The minimum absolute atomic E-state index is 0.0935. The van der Waals surface area contributed by atoms with E-state index in [2.05, 4.69) is 16.3 Å². The quantitative estimate of drug-likeness (QED) is 0.797. The summed E-state index contributed by atoms with van der Waals surface area (Å²) in [5, 5.41) is 17.2. The van der Waals surface area contributed by atoms with Crippen LogP contribution in [0.4, 0.5) is 0 Å². The molecular weight excluding hydrogens is 308 g/mol. The molecule has 124 valence electrons. The van der Waals surface area contributed by atoms with Crippen molar-refractivity contribution in [2.24, 2.45) is 5.92 Å². The maximum Gasteiger partial charge on any atom is 0.308 e.